The van der Waals surface area contributed by atoms with Crippen molar-refractivity contribution in [2.45, 2.75) is 64.0 Å². The monoisotopic (exact) mass is 648 g/mol. The quantitative estimate of drug-likeness (QED) is 0.190. The third kappa shape index (κ3) is 7.36. The van der Waals surface area contributed by atoms with Gasteiger partial charge in [-0.2, -0.15) is 18.2 Å². The molecule has 5 rings (SSSR count). The Morgan fingerprint density at radius 1 is 1.11 bits per heavy atom. The normalized spacial score (nSPS) is 18.5. The number of carbonyl (C=O) groups is 1. The maximum absolute atomic E-state index is 14.1. The second kappa shape index (κ2) is 13.7. The van der Waals surface area contributed by atoms with Crippen molar-refractivity contribution >= 4 is 37.3 Å². The Kier molecular flexibility index (Phi) is 9.88. The highest BCUT2D eigenvalue weighted by Crippen LogP contribution is 2.43. The molecule has 2 heterocycles. The summed E-state index contributed by atoms with van der Waals surface area (Å²) in [7, 11) is 0.268. The molecule has 15 heteroatoms. The van der Waals surface area contributed by atoms with Gasteiger partial charge in [0.05, 0.1) is 30.2 Å². The molecule has 1 saturated carbocycles. The van der Waals surface area contributed by atoms with Crippen LogP contribution in [-0.2, 0) is 33.2 Å². The molecule has 2 aliphatic rings. The molecule has 11 nitrogen and oxygen atoms in total. The number of alkyl halides is 3. The van der Waals surface area contributed by atoms with Crippen LogP contribution in [0.1, 0.15) is 71.1 Å². The van der Waals surface area contributed by atoms with Crippen LogP contribution in [0.25, 0.3) is 0 Å². The van der Waals surface area contributed by atoms with Crippen LogP contribution in [0.4, 0.5) is 36.3 Å². The van der Waals surface area contributed by atoms with Crippen LogP contribution in [0, 0.1) is 0 Å². The van der Waals surface area contributed by atoms with Gasteiger partial charge in [-0.15, -0.1) is 9.42 Å². The number of anilines is 4. The van der Waals surface area contributed by atoms with E-state index in [2.05, 4.69) is 20.6 Å². The summed E-state index contributed by atoms with van der Waals surface area (Å²) >= 11 is 0. The first-order valence-corrected chi connectivity index (χ1v) is 15.6. The number of carbonyl (C=O) groups excluding carboxylic acids is 1. The van der Waals surface area contributed by atoms with E-state index in [4.69, 9.17) is 18.9 Å². The molecule has 2 aromatic carbocycles. The summed E-state index contributed by atoms with van der Waals surface area (Å²) in [6.07, 6.45) is -0.265. The summed E-state index contributed by atoms with van der Waals surface area (Å²) in [5.41, 5.74) is 2.18. The molecular formula is C30H34F3N5O6P+. The van der Waals surface area contributed by atoms with E-state index < -0.39 is 25.8 Å². The van der Waals surface area contributed by atoms with Crippen LogP contribution in [0.2, 0.25) is 0 Å². The van der Waals surface area contributed by atoms with Gasteiger partial charge in [-0.1, -0.05) is 12.1 Å². The summed E-state index contributed by atoms with van der Waals surface area (Å²) < 4.78 is 69.1. The van der Waals surface area contributed by atoms with E-state index in [-0.39, 0.29) is 41.9 Å². The summed E-state index contributed by atoms with van der Waals surface area (Å²) in [5, 5.41) is 5.66. The highest BCUT2D eigenvalue weighted by atomic mass is 31.1. The van der Waals surface area contributed by atoms with E-state index in [1.807, 2.05) is 13.0 Å². The summed E-state index contributed by atoms with van der Waals surface area (Å²) in [5.74, 6) is -0.458. The lowest BCUT2D eigenvalue weighted by atomic mass is 9.80. The van der Waals surface area contributed by atoms with Crippen LogP contribution >= 0.6 is 8.25 Å². The van der Waals surface area contributed by atoms with Crippen molar-refractivity contribution in [2.75, 3.05) is 31.4 Å². The Morgan fingerprint density at radius 3 is 2.51 bits per heavy atom. The van der Waals surface area contributed by atoms with Gasteiger partial charge in [0.15, 0.2) is 0 Å². The summed E-state index contributed by atoms with van der Waals surface area (Å²) in [6, 6.07) is 8.23. The Hall–Kier alpha value is -3.84. The molecule has 3 aromatic rings. The number of nitrogens with one attached hydrogen (secondary N) is 2. The number of rotatable bonds is 11. The minimum Gasteiger partial charge on any atom is -0.495 e. The number of benzene rings is 2. The molecule has 1 amide bonds. The van der Waals surface area contributed by atoms with Gasteiger partial charge in [0, 0.05) is 31.0 Å². The maximum Gasteiger partial charge on any atom is 0.695 e. The fourth-order valence-corrected chi connectivity index (χ4v) is 6.15. The lowest BCUT2D eigenvalue weighted by molar-refractivity contribution is -0.137. The lowest BCUT2D eigenvalue weighted by Crippen LogP contribution is -2.21. The van der Waals surface area contributed by atoms with E-state index in [0.29, 0.717) is 36.2 Å². The van der Waals surface area contributed by atoms with Crippen molar-refractivity contribution in [2.24, 2.45) is 0 Å². The Balaban J connectivity index is 1.45. The smallest absolute Gasteiger partial charge is 0.495 e. The Labute approximate surface area is 259 Å². The van der Waals surface area contributed by atoms with Crippen LogP contribution in [0.15, 0.2) is 36.5 Å². The van der Waals surface area contributed by atoms with E-state index in [1.54, 1.807) is 36.2 Å². The van der Waals surface area contributed by atoms with Crippen molar-refractivity contribution in [3.63, 3.8) is 0 Å². The zero-order valence-corrected chi connectivity index (χ0v) is 25.9. The minimum atomic E-state index is -4.78. The van der Waals surface area contributed by atoms with Gasteiger partial charge >= 0.3 is 14.4 Å². The number of halogens is 3. The fraction of sp³-hybridized carbons (Fsp3) is 0.433. The number of hydrogen-bond acceptors (Lipinski definition) is 9. The van der Waals surface area contributed by atoms with Crippen molar-refractivity contribution < 1.29 is 41.4 Å². The van der Waals surface area contributed by atoms with E-state index in [0.717, 1.165) is 36.8 Å². The van der Waals surface area contributed by atoms with Crippen LogP contribution in [-0.4, -0.2) is 52.5 Å². The number of amides is 1. The first-order valence-electron chi connectivity index (χ1n) is 14.5. The molecule has 0 spiro atoms. The molecule has 45 heavy (non-hydrogen) atoms. The molecule has 1 aliphatic heterocycles. The standard InChI is InChI=1S/C30H33F3N5O6P/c1-4-43-19-8-6-18(7-9-19)20-10-12-24(26-21(20)15-38(2)28(26)39)35-27-22(30(31,32)33)14-34-29(37-27)36-23-11-5-17(13-25(23)42-3)16-44-45(40)41/h5,10-14,18-19H,4,6-9,15-16H2,1-3H3,(H2-,34,35,36,37,39,40,41)/p+1. The molecule has 1 aromatic heterocycles. The SMILES string of the molecule is CCOC1CCC(c2ccc(Nc3nc(Nc4ccc(CO[P+](=O)O)cc4OC)ncc3C(F)(F)F)c3c2CN(C)C3=O)CC1. The largest absolute Gasteiger partial charge is 0.695 e. The van der Waals surface area contributed by atoms with Crippen molar-refractivity contribution in [3.05, 3.63) is 64.3 Å². The van der Waals surface area contributed by atoms with Gasteiger partial charge in [0.25, 0.3) is 5.91 Å². The number of fused-ring (bicyclic) bond motifs is 1. The molecule has 1 fully saturated rings. The average molecular weight is 649 g/mol. The molecule has 0 bridgehead atoms. The molecule has 240 valence electrons. The van der Waals surface area contributed by atoms with Gasteiger partial charge in [-0.3, -0.25) is 4.79 Å². The average Bonchev–Trinajstić information content (AvgIpc) is 3.31. The molecular weight excluding hydrogens is 614 g/mol. The summed E-state index contributed by atoms with van der Waals surface area (Å²) in [4.78, 5) is 31.8. The van der Waals surface area contributed by atoms with Gasteiger partial charge in [0.2, 0.25) is 5.95 Å². The van der Waals surface area contributed by atoms with Gasteiger partial charge in [-0.25, -0.2) is 4.98 Å². The molecule has 0 radical (unpaired) electrons. The Morgan fingerprint density at radius 2 is 1.84 bits per heavy atom. The molecule has 3 N–H and O–H groups in total. The van der Waals surface area contributed by atoms with Gasteiger partial charge in [0.1, 0.15) is 23.7 Å². The van der Waals surface area contributed by atoms with Crippen LogP contribution in [0.5, 0.6) is 5.75 Å². The maximum atomic E-state index is 14.1. The summed E-state index contributed by atoms with van der Waals surface area (Å²) in [6.45, 7) is 2.85. The zero-order valence-electron chi connectivity index (χ0n) is 25.0. The highest BCUT2D eigenvalue weighted by molar-refractivity contribution is 7.32. The van der Waals surface area contributed by atoms with Crippen LogP contribution < -0.4 is 15.4 Å². The zero-order chi connectivity index (χ0) is 32.3. The molecule has 1 aliphatic carbocycles. The molecule has 0 saturated heterocycles. The van der Waals surface area contributed by atoms with Gasteiger partial charge in [-0.05, 0) is 73.4 Å². The van der Waals surface area contributed by atoms with Crippen LogP contribution in [0.3, 0.4) is 0 Å². The fourth-order valence-electron chi connectivity index (χ4n) is 5.89. The second-order valence-corrected chi connectivity index (χ2v) is 11.6. The third-order valence-electron chi connectivity index (χ3n) is 8.02. The van der Waals surface area contributed by atoms with E-state index in [1.165, 1.54) is 7.11 Å². The predicted molar refractivity (Wildman–Crippen MR) is 160 cm³/mol. The van der Waals surface area contributed by atoms with Crippen molar-refractivity contribution in [3.8, 4) is 5.75 Å². The number of nitrogens with zero attached hydrogens (tertiary/aromatic N) is 3. The van der Waals surface area contributed by atoms with Crippen molar-refractivity contribution in [1.82, 2.24) is 14.9 Å². The number of hydrogen-bond donors (Lipinski definition) is 3. The Bertz CT molecular complexity index is 1580. The first kappa shape index (κ1) is 32.6. The number of aromatic nitrogens is 2. The first-order chi connectivity index (χ1) is 21.5. The number of ether oxygens (including phenoxy) is 2. The predicted octanol–water partition coefficient (Wildman–Crippen LogP) is 6.81. The van der Waals surface area contributed by atoms with Crippen molar-refractivity contribution in [1.29, 1.82) is 0 Å². The second-order valence-electron chi connectivity index (χ2n) is 10.9. The number of methoxy groups -OCH3 is 1. The molecule has 1 atom stereocenters. The molecule has 1 unspecified atom stereocenters. The van der Waals surface area contributed by atoms with E-state index >= 15 is 0 Å². The lowest BCUT2D eigenvalue weighted by Gasteiger charge is -2.30. The van der Waals surface area contributed by atoms with Gasteiger partial charge < -0.3 is 25.0 Å². The minimum absolute atomic E-state index is 0.154. The van der Waals surface area contributed by atoms with E-state index in [9.17, 15) is 22.5 Å². The topological polar surface area (TPSA) is 135 Å². The highest BCUT2D eigenvalue weighted by Gasteiger charge is 2.37. The third-order valence-corrected chi connectivity index (χ3v) is 8.37.